The Kier molecular flexibility index (Phi) is 7.24. The maximum absolute atomic E-state index is 10.4. The zero-order chi connectivity index (χ0) is 21.0. The Balaban J connectivity index is 2.13. The number of aliphatic hydroxyl groups is 2. The third-order valence-electron chi connectivity index (χ3n) is 4.88. The molecule has 1 unspecified atom stereocenters. The quantitative estimate of drug-likeness (QED) is 0.454. The Hall–Kier alpha value is -1.99. The summed E-state index contributed by atoms with van der Waals surface area (Å²) in [5.74, 6) is 0.570. The van der Waals surface area contributed by atoms with Crippen LogP contribution in [0.1, 0.15) is 20.3 Å². The van der Waals surface area contributed by atoms with Gasteiger partial charge in [-0.05, 0) is 50.6 Å². The van der Waals surface area contributed by atoms with E-state index in [1.807, 2.05) is 16.7 Å². The number of anilines is 3. The molecule has 3 rings (SSSR count). The number of aromatic nitrogens is 2. The van der Waals surface area contributed by atoms with Gasteiger partial charge in [-0.1, -0.05) is 29.3 Å². The van der Waals surface area contributed by atoms with E-state index < -0.39 is 6.10 Å². The fraction of sp³-hybridized carbons (Fsp3) is 0.381. The van der Waals surface area contributed by atoms with Crippen molar-refractivity contribution in [1.82, 2.24) is 9.55 Å². The third kappa shape index (κ3) is 4.78. The van der Waals surface area contributed by atoms with E-state index in [4.69, 9.17) is 28.2 Å². The van der Waals surface area contributed by atoms with Crippen LogP contribution >= 0.6 is 23.2 Å². The van der Waals surface area contributed by atoms with Crippen LogP contribution < -0.4 is 10.2 Å². The van der Waals surface area contributed by atoms with Gasteiger partial charge in [0.2, 0.25) is 5.95 Å². The molecule has 0 spiro atoms. The lowest BCUT2D eigenvalue weighted by Gasteiger charge is -2.23. The molecule has 156 valence electrons. The number of rotatable bonds is 9. The first-order valence-corrected chi connectivity index (χ1v) is 10.5. The molecule has 0 fully saturated rings. The number of imidazole rings is 1. The molecule has 1 atom stereocenters. The normalized spacial score (nSPS) is 12.3. The number of nitrogens with one attached hydrogen (secondary N) is 1. The summed E-state index contributed by atoms with van der Waals surface area (Å²) < 4.78 is 1.95. The largest absolute Gasteiger partial charge is 0.396 e. The van der Waals surface area contributed by atoms with E-state index in [9.17, 15) is 10.2 Å². The fourth-order valence-corrected chi connectivity index (χ4v) is 3.88. The monoisotopic (exact) mass is 436 g/mol. The number of aliphatic hydroxyl groups excluding tert-OH is 2. The first-order chi connectivity index (χ1) is 14.0. The predicted octanol–water partition coefficient (Wildman–Crippen LogP) is 4.68. The van der Waals surface area contributed by atoms with Crippen LogP contribution in [0.4, 0.5) is 17.3 Å². The van der Waals surface area contributed by atoms with Crippen LogP contribution in [-0.4, -0.2) is 45.6 Å². The van der Waals surface area contributed by atoms with E-state index >= 15 is 0 Å². The summed E-state index contributed by atoms with van der Waals surface area (Å²) in [6.07, 6.45) is -0.419. The highest BCUT2D eigenvalue weighted by Gasteiger charge is 2.19. The minimum absolute atomic E-state index is 0.0809. The summed E-state index contributed by atoms with van der Waals surface area (Å²) in [7, 11) is 0. The van der Waals surface area contributed by atoms with Crippen molar-refractivity contribution >= 4 is 51.6 Å². The fourth-order valence-electron chi connectivity index (χ4n) is 3.42. The lowest BCUT2D eigenvalue weighted by molar-refractivity contribution is 0.118. The summed E-state index contributed by atoms with van der Waals surface area (Å²) in [6, 6.07) is 11.2. The molecule has 0 amide bonds. The van der Waals surface area contributed by atoms with Crippen molar-refractivity contribution in [3.63, 3.8) is 0 Å². The molecule has 29 heavy (non-hydrogen) atoms. The van der Waals surface area contributed by atoms with Crippen molar-refractivity contribution in [2.45, 2.75) is 32.9 Å². The minimum Gasteiger partial charge on any atom is -0.396 e. The van der Waals surface area contributed by atoms with Gasteiger partial charge in [0.25, 0.3) is 0 Å². The van der Waals surface area contributed by atoms with Crippen molar-refractivity contribution < 1.29 is 10.2 Å². The molecule has 0 bridgehead atoms. The second-order valence-corrected chi connectivity index (χ2v) is 7.62. The van der Waals surface area contributed by atoms with E-state index in [1.165, 1.54) is 0 Å². The van der Waals surface area contributed by atoms with Crippen LogP contribution in [0.15, 0.2) is 36.4 Å². The van der Waals surface area contributed by atoms with E-state index in [1.54, 1.807) is 18.2 Å². The molecule has 0 saturated carbocycles. The number of benzene rings is 2. The Labute approximate surface area is 180 Å². The van der Waals surface area contributed by atoms with Gasteiger partial charge in [-0.3, -0.25) is 0 Å². The first-order valence-electron chi connectivity index (χ1n) is 9.73. The lowest BCUT2D eigenvalue weighted by atomic mass is 10.2. The summed E-state index contributed by atoms with van der Waals surface area (Å²) in [5.41, 5.74) is 3.47. The summed E-state index contributed by atoms with van der Waals surface area (Å²) in [6.45, 7) is 6.13. The number of halogens is 2. The predicted molar refractivity (Wildman–Crippen MR) is 121 cm³/mol. The minimum atomic E-state index is -0.705. The number of hydrogen-bond donors (Lipinski definition) is 3. The SMILES string of the molecule is CCN(CC)c1cccc2nc(Nc3ccc(Cl)cc3Cl)n(CC(O)CCO)c12. The topological polar surface area (TPSA) is 73.6 Å². The molecule has 1 heterocycles. The maximum atomic E-state index is 10.4. The molecule has 0 aliphatic rings. The van der Waals surface area contributed by atoms with Crippen molar-refractivity contribution in [3.8, 4) is 0 Å². The standard InChI is InChI=1S/C21H26Cl2N4O2/c1-3-26(4-2)19-7-5-6-18-20(19)27(13-15(29)10-11-28)21(25-18)24-17-9-8-14(22)12-16(17)23/h5-9,12,15,28-29H,3-4,10-11,13H2,1-2H3,(H,24,25). The second kappa shape index (κ2) is 9.67. The Morgan fingerprint density at radius 3 is 2.59 bits per heavy atom. The van der Waals surface area contributed by atoms with Gasteiger partial charge in [-0.2, -0.15) is 0 Å². The molecule has 2 aromatic carbocycles. The van der Waals surface area contributed by atoms with Crippen molar-refractivity contribution in [2.75, 3.05) is 29.9 Å². The Morgan fingerprint density at radius 1 is 1.17 bits per heavy atom. The second-order valence-electron chi connectivity index (χ2n) is 6.78. The van der Waals surface area contributed by atoms with Gasteiger partial charge < -0.3 is 25.0 Å². The molecule has 0 saturated heterocycles. The smallest absolute Gasteiger partial charge is 0.208 e. The highest BCUT2D eigenvalue weighted by atomic mass is 35.5. The average Bonchev–Trinajstić information content (AvgIpc) is 3.03. The number of nitrogens with zero attached hydrogens (tertiary/aromatic N) is 3. The van der Waals surface area contributed by atoms with Gasteiger partial charge in [0.05, 0.1) is 40.1 Å². The summed E-state index contributed by atoms with van der Waals surface area (Å²) in [5, 5.41) is 23.9. The number of hydrogen-bond acceptors (Lipinski definition) is 5. The van der Waals surface area contributed by atoms with Gasteiger partial charge in [0.15, 0.2) is 0 Å². The molecule has 8 heteroatoms. The van der Waals surface area contributed by atoms with Gasteiger partial charge >= 0.3 is 0 Å². The van der Waals surface area contributed by atoms with Crippen LogP contribution in [0.2, 0.25) is 10.0 Å². The highest BCUT2D eigenvalue weighted by Crippen LogP contribution is 2.33. The van der Waals surface area contributed by atoms with Crippen LogP contribution in [0.5, 0.6) is 0 Å². The van der Waals surface area contributed by atoms with Crippen LogP contribution in [0.3, 0.4) is 0 Å². The summed E-state index contributed by atoms with van der Waals surface area (Å²) in [4.78, 5) is 7.00. The van der Waals surface area contributed by atoms with Gasteiger partial charge in [-0.25, -0.2) is 4.98 Å². The number of para-hydroxylation sites is 1. The Morgan fingerprint density at radius 2 is 1.93 bits per heavy atom. The molecule has 0 radical (unpaired) electrons. The molecule has 3 N–H and O–H groups in total. The third-order valence-corrected chi connectivity index (χ3v) is 5.43. The van der Waals surface area contributed by atoms with Gasteiger partial charge in [-0.15, -0.1) is 0 Å². The van der Waals surface area contributed by atoms with E-state index in [0.29, 0.717) is 28.2 Å². The zero-order valence-electron chi connectivity index (χ0n) is 16.6. The molecule has 0 aliphatic heterocycles. The molecule has 3 aromatic rings. The molecule has 6 nitrogen and oxygen atoms in total. The van der Waals surface area contributed by atoms with Gasteiger partial charge in [0.1, 0.15) is 0 Å². The van der Waals surface area contributed by atoms with Crippen molar-refractivity contribution in [1.29, 1.82) is 0 Å². The zero-order valence-corrected chi connectivity index (χ0v) is 18.1. The highest BCUT2D eigenvalue weighted by molar-refractivity contribution is 6.36. The Bertz CT molecular complexity index is 973. The van der Waals surface area contributed by atoms with Gasteiger partial charge in [0, 0.05) is 24.7 Å². The van der Waals surface area contributed by atoms with E-state index in [0.717, 1.165) is 29.8 Å². The molecule has 1 aromatic heterocycles. The van der Waals surface area contributed by atoms with Crippen molar-refractivity contribution in [2.24, 2.45) is 0 Å². The van der Waals surface area contributed by atoms with Crippen LogP contribution in [0, 0.1) is 0 Å². The maximum Gasteiger partial charge on any atom is 0.208 e. The lowest BCUT2D eigenvalue weighted by Crippen LogP contribution is -2.24. The first kappa shape index (κ1) is 21.7. The average molecular weight is 437 g/mol. The van der Waals surface area contributed by atoms with E-state index in [-0.39, 0.29) is 13.0 Å². The molecular formula is C21H26Cl2N4O2. The van der Waals surface area contributed by atoms with Crippen LogP contribution in [-0.2, 0) is 6.54 Å². The molecule has 0 aliphatic carbocycles. The van der Waals surface area contributed by atoms with E-state index in [2.05, 4.69) is 30.1 Å². The van der Waals surface area contributed by atoms with Crippen LogP contribution in [0.25, 0.3) is 11.0 Å². The summed E-state index contributed by atoms with van der Waals surface area (Å²) >= 11 is 12.3. The van der Waals surface area contributed by atoms with Crippen molar-refractivity contribution in [3.05, 3.63) is 46.4 Å². The molecular weight excluding hydrogens is 411 g/mol. The number of fused-ring (bicyclic) bond motifs is 1.